The molecule has 0 radical (unpaired) electrons. The Kier molecular flexibility index (Phi) is 3.38. The summed E-state index contributed by atoms with van der Waals surface area (Å²) in [5.74, 6) is 0.541. The first-order valence-corrected chi connectivity index (χ1v) is 7.59. The van der Waals surface area contributed by atoms with Gasteiger partial charge in [0.2, 0.25) is 10.0 Å². The monoisotopic (exact) mass is 268 g/mol. The lowest BCUT2D eigenvalue weighted by atomic mass is 10.1. The third kappa shape index (κ3) is 2.52. The van der Waals surface area contributed by atoms with Crippen LogP contribution in [0.25, 0.3) is 0 Å². The maximum atomic E-state index is 12.5. The van der Waals surface area contributed by atoms with Gasteiger partial charge < -0.3 is 5.73 Å². The summed E-state index contributed by atoms with van der Waals surface area (Å²) in [7, 11) is -1.74. The Bertz CT molecular complexity index is 539. The van der Waals surface area contributed by atoms with Crippen LogP contribution in [0.4, 0.5) is 5.69 Å². The average Bonchev–Trinajstić information content (AvgIpc) is 2.98. The summed E-state index contributed by atoms with van der Waals surface area (Å²) in [5, 5.41) is 0. The van der Waals surface area contributed by atoms with Gasteiger partial charge in [-0.05, 0) is 55.9 Å². The van der Waals surface area contributed by atoms with Crippen molar-refractivity contribution in [2.75, 3.05) is 19.3 Å². The molecule has 100 valence electrons. The molecular formula is C13H20N2O2S. The maximum absolute atomic E-state index is 12.5. The molecule has 4 nitrogen and oxygen atoms in total. The van der Waals surface area contributed by atoms with Gasteiger partial charge in [-0.25, -0.2) is 12.7 Å². The summed E-state index contributed by atoms with van der Waals surface area (Å²) < 4.78 is 26.5. The van der Waals surface area contributed by atoms with Crippen LogP contribution in [0.3, 0.4) is 0 Å². The molecule has 1 aromatic rings. The summed E-state index contributed by atoms with van der Waals surface area (Å²) in [6.45, 7) is 4.20. The smallest absolute Gasteiger partial charge is 0.243 e. The molecule has 1 aromatic carbocycles. The van der Waals surface area contributed by atoms with Gasteiger partial charge in [0.25, 0.3) is 0 Å². The minimum atomic E-state index is -3.39. The Hall–Kier alpha value is -1.07. The van der Waals surface area contributed by atoms with Gasteiger partial charge in [-0.15, -0.1) is 0 Å². The van der Waals surface area contributed by atoms with E-state index in [0.29, 0.717) is 23.0 Å². The minimum absolute atomic E-state index is 0.403. The highest BCUT2D eigenvalue weighted by Crippen LogP contribution is 2.32. The Balaban J connectivity index is 2.39. The highest BCUT2D eigenvalue weighted by atomic mass is 32.2. The summed E-state index contributed by atoms with van der Waals surface area (Å²) >= 11 is 0. The van der Waals surface area contributed by atoms with E-state index >= 15 is 0 Å². The van der Waals surface area contributed by atoms with Crippen molar-refractivity contribution < 1.29 is 8.42 Å². The molecule has 0 amide bonds. The number of nitrogen functional groups attached to an aromatic ring is 1. The first-order valence-electron chi connectivity index (χ1n) is 6.15. The van der Waals surface area contributed by atoms with Crippen LogP contribution in [-0.2, 0) is 10.0 Å². The molecule has 0 unspecified atom stereocenters. The van der Waals surface area contributed by atoms with E-state index in [-0.39, 0.29) is 0 Å². The van der Waals surface area contributed by atoms with Crippen molar-refractivity contribution in [2.24, 2.45) is 5.92 Å². The molecule has 1 saturated carbocycles. The second-order valence-electron chi connectivity index (χ2n) is 5.21. The molecule has 18 heavy (non-hydrogen) atoms. The van der Waals surface area contributed by atoms with Crippen molar-refractivity contribution in [1.82, 2.24) is 4.31 Å². The topological polar surface area (TPSA) is 63.4 Å². The quantitative estimate of drug-likeness (QED) is 0.848. The molecule has 0 aromatic heterocycles. The van der Waals surface area contributed by atoms with Gasteiger partial charge >= 0.3 is 0 Å². The molecule has 2 rings (SSSR count). The van der Waals surface area contributed by atoms with E-state index in [1.807, 2.05) is 0 Å². The van der Waals surface area contributed by atoms with Gasteiger partial charge in [0, 0.05) is 19.3 Å². The molecule has 0 aliphatic heterocycles. The molecule has 0 bridgehead atoms. The van der Waals surface area contributed by atoms with E-state index in [1.165, 1.54) is 4.31 Å². The van der Waals surface area contributed by atoms with E-state index in [9.17, 15) is 8.42 Å². The normalized spacial score (nSPS) is 16.2. The molecule has 1 aliphatic rings. The van der Waals surface area contributed by atoms with Crippen LogP contribution in [0, 0.1) is 19.8 Å². The molecule has 0 heterocycles. The van der Waals surface area contributed by atoms with Crippen LogP contribution < -0.4 is 5.73 Å². The zero-order chi connectivity index (χ0) is 13.5. The molecule has 0 spiro atoms. The number of anilines is 1. The number of sulfonamides is 1. The highest BCUT2D eigenvalue weighted by Gasteiger charge is 2.30. The fourth-order valence-corrected chi connectivity index (χ4v) is 3.96. The number of hydrogen-bond donors (Lipinski definition) is 1. The minimum Gasteiger partial charge on any atom is -0.399 e. The van der Waals surface area contributed by atoms with Gasteiger partial charge in [-0.3, -0.25) is 0 Å². The van der Waals surface area contributed by atoms with Gasteiger partial charge in [0.1, 0.15) is 0 Å². The zero-order valence-corrected chi connectivity index (χ0v) is 11.9. The largest absolute Gasteiger partial charge is 0.399 e. The summed E-state index contributed by atoms with van der Waals surface area (Å²) in [6, 6.07) is 3.43. The van der Waals surface area contributed by atoms with Crippen LogP contribution in [-0.4, -0.2) is 26.3 Å². The van der Waals surface area contributed by atoms with Gasteiger partial charge in [-0.2, -0.15) is 0 Å². The second kappa shape index (κ2) is 4.55. The van der Waals surface area contributed by atoms with Crippen molar-refractivity contribution in [3.05, 3.63) is 23.3 Å². The standard InChI is InChI=1S/C13H20N2O2S/c1-9-6-12(14)7-10(2)13(9)18(16,17)15(3)8-11-4-5-11/h6-7,11H,4-5,8,14H2,1-3H3. The molecule has 1 fully saturated rings. The first-order chi connectivity index (χ1) is 8.32. The number of nitrogens with two attached hydrogens (primary N) is 1. The van der Waals surface area contributed by atoms with E-state index in [2.05, 4.69) is 0 Å². The number of aryl methyl sites for hydroxylation is 2. The fourth-order valence-electron chi connectivity index (χ4n) is 2.31. The Labute approximate surface area is 109 Å². The van der Waals surface area contributed by atoms with Gasteiger partial charge in [0.05, 0.1) is 4.90 Å². The molecule has 5 heteroatoms. The summed E-state index contributed by atoms with van der Waals surface area (Å²) in [5.41, 5.74) is 7.77. The van der Waals surface area contributed by atoms with Crippen molar-refractivity contribution in [3.8, 4) is 0 Å². The lowest BCUT2D eigenvalue weighted by Gasteiger charge is -2.20. The number of nitrogens with zero attached hydrogens (tertiary/aromatic N) is 1. The number of rotatable bonds is 4. The van der Waals surface area contributed by atoms with E-state index in [0.717, 1.165) is 24.0 Å². The third-order valence-electron chi connectivity index (χ3n) is 3.36. The molecule has 2 N–H and O–H groups in total. The molecule has 0 saturated heterocycles. The maximum Gasteiger partial charge on any atom is 0.243 e. The lowest BCUT2D eigenvalue weighted by molar-refractivity contribution is 0.452. The predicted molar refractivity (Wildman–Crippen MR) is 72.9 cm³/mol. The van der Waals surface area contributed by atoms with Crippen molar-refractivity contribution >= 4 is 15.7 Å². The second-order valence-corrected chi connectivity index (χ2v) is 7.19. The summed E-state index contributed by atoms with van der Waals surface area (Å²) in [4.78, 5) is 0.403. The van der Waals surface area contributed by atoms with Crippen LogP contribution >= 0.6 is 0 Å². The lowest BCUT2D eigenvalue weighted by Crippen LogP contribution is -2.30. The van der Waals surface area contributed by atoms with Crippen molar-refractivity contribution in [3.63, 3.8) is 0 Å². The van der Waals surface area contributed by atoms with Crippen molar-refractivity contribution in [1.29, 1.82) is 0 Å². The SMILES string of the molecule is Cc1cc(N)cc(C)c1S(=O)(=O)N(C)CC1CC1. The Morgan fingerprint density at radius 2 is 1.78 bits per heavy atom. The van der Waals surface area contributed by atoms with Crippen LogP contribution in [0.5, 0.6) is 0 Å². The van der Waals surface area contributed by atoms with Crippen LogP contribution in [0.2, 0.25) is 0 Å². The average molecular weight is 268 g/mol. The molecule has 1 aliphatic carbocycles. The van der Waals surface area contributed by atoms with E-state index < -0.39 is 10.0 Å². The van der Waals surface area contributed by atoms with Crippen LogP contribution in [0.15, 0.2) is 17.0 Å². The predicted octanol–water partition coefficient (Wildman–Crippen LogP) is 1.92. The Morgan fingerprint density at radius 1 is 1.28 bits per heavy atom. The van der Waals surface area contributed by atoms with E-state index in [1.54, 1.807) is 33.0 Å². The van der Waals surface area contributed by atoms with Gasteiger partial charge in [-0.1, -0.05) is 0 Å². The van der Waals surface area contributed by atoms with Gasteiger partial charge in [0.15, 0.2) is 0 Å². The molecule has 0 atom stereocenters. The van der Waals surface area contributed by atoms with Crippen LogP contribution in [0.1, 0.15) is 24.0 Å². The first kappa shape index (κ1) is 13.4. The number of hydrogen-bond acceptors (Lipinski definition) is 3. The van der Waals surface area contributed by atoms with Crippen molar-refractivity contribution in [2.45, 2.75) is 31.6 Å². The Morgan fingerprint density at radius 3 is 2.22 bits per heavy atom. The highest BCUT2D eigenvalue weighted by molar-refractivity contribution is 7.89. The van der Waals surface area contributed by atoms with E-state index in [4.69, 9.17) is 5.73 Å². The summed E-state index contributed by atoms with van der Waals surface area (Å²) in [6.07, 6.45) is 2.28. The molecular weight excluding hydrogens is 248 g/mol. The fraction of sp³-hybridized carbons (Fsp3) is 0.538. The zero-order valence-electron chi connectivity index (χ0n) is 11.1. The third-order valence-corrected chi connectivity index (χ3v) is 5.49. The number of benzene rings is 1.